The van der Waals surface area contributed by atoms with Crippen LogP contribution in [-0.2, 0) is 66.7 Å². The van der Waals surface area contributed by atoms with E-state index in [1.165, 1.54) is 34.6 Å². The summed E-state index contributed by atoms with van der Waals surface area (Å²) in [7, 11) is -4.91. The number of Topliss-reactive ketones (excluding diaryl/α,β-unsaturated/α-hetero) is 1. The number of carbonyl (C=O) groups excluding carboxylic acids is 1. The first-order chi connectivity index (χ1) is 39.9. The van der Waals surface area contributed by atoms with E-state index < -0.39 is 198 Å². The van der Waals surface area contributed by atoms with Crippen LogP contribution in [0.1, 0.15) is 127 Å². The molecule has 4 aliphatic carbocycles. The quantitative estimate of drug-likeness (QED) is 0.0428. The van der Waals surface area contributed by atoms with Gasteiger partial charge in [0.15, 0.2) is 31.5 Å². The van der Waals surface area contributed by atoms with Gasteiger partial charge in [-0.15, -0.1) is 0 Å². The molecule has 9 rings (SSSR count). The minimum Gasteiger partial charge on any atom is -0.389 e. The third-order valence-electron chi connectivity index (χ3n) is 20.7. The average Bonchev–Trinajstić information content (AvgIpc) is 3.26. The average molecular weight is 1260 g/mol. The molecule has 86 heavy (non-hydrogen) atoms. The number of hydrogen-bond donors (Lipinski definition) is 14. The van der Waals surface area contributed by atoms with Gasteiger partial charge in [-0.1, -0.05) is 39.3 Å². The van der Waals surface area contributed by atoms with Gasteiger partial charge in [0.1, 0.15) is 97.3 Å². The van der Waals surface area contributed by atoms with Gasteiger partial charge >= 0.3 is 10.4 Å². The van der Waals surface area contributed by atoms with E-state index in [-0.39, 0.29) is 55.1 Å². The number of aliphatic hydroxyl groups is 13. The van der Waals surface area contributed by atoms with Crippen LogP contribution in [0.5, 0.6) is 0 Å². The number of aliphatic hydroxyl groups excluding tert-OH is 10. The van der Waals surface area contributed by atoms with Crippen molar-refractivity contribution in [3.63, 3.8) is 0 Å². The molecule has 9 aliphatic rings. The Morgan fingerprint density at radius 1 is 0.628 bits per heavy atom. The highest BCUT2D eigenvalue weighted by Gasteiger charge is 2.65. The Bertz CT molecular complexity index is 2490. The van der Waals surface area contributed by atoms with E-state index in [0.717, 1.165) is 5.57 Å². The van der Waals surface area contributed by atoms with Crippen molar-refractivity contribution in [1.82, 2.24) is 0 Å². The molecule has 14 N–H and O–H groups in total. The molecule has 8 fully saturated rings. The lowest BCUT2D eigenvalue weighted by Crippen LogP contribution is -2.70. The molecular formula is C57H94O28S. The molecule has 0 radical (unpaired) electrons. The fraction of sp³-hybridized carbons (Fsp3) is 0.947. The molecule has 5 aliphatic heterocycles. The summed E-state index contributed by atoms with van der Waals surface area (Å²) in [5.74, 6) is -4.10. The zero-order valence-electron chi connectivity index (χ0n) is 50.2. The van der Waals surface area contributed by atoms with Gasteiger partial charge < -0.3 is 114 Å². The monoisotopic (exact) mass is 1260 g/mol. The van der Waals surface area contributed by atoms with Gasteiger partial charge in [0.25, 0.3) is 0 Å². The Morgan fingerprint density at radius 3 is 1.71 bits per heavy atom. The first-order valence-electron chi connectivity index (χ1n) is 30.3. The summed E-state index contributed by atoms with van der Waals surface area (Å²) in [6, 6.07) is 0. The second-order valence-electron chi connectivity index (χ2n) is 27.3. The Balaban J connectivity index is 1.00. The van der Waals surface area contributed by atoms with E-state index in [2.05, 4.69) is 19.9 Å². The Morgan fingerprint density at radius 2 is 1.14 bits per heavy atom. The molecule has 0 spiro atoms. The van der Waals surface area contributed by atoms with Crippen LogP contribution in [0.4, 0.5) is 0 Å². The van der Waals surface area contributed by atoms with Gasteiger partial charge in [0, 0.05) is 12.8 Å². The predicted molar refractivity (Wildman–Crippen MR) is 290 cm³/mol. The van der Waals surface area contributed by atoms with Crippen LogP contribution in [-0.4, -0.2) is 256 Å². The van der Waals surface area contributed by atoms with Crippen molar-refractivity contribution >= 4 is 16.2 Å². The van der Waals surface area contributed by atoms with Gasteiger partial charge in [-0.3, -0.25) is 9.35 Å². The highest BCUT2D eigenvalue weighted by molar-refractivity contribution is 7.80. The molecule has 5 heterocycles. The lowest BCUT2D eigenvalue weighted by atomic mass is 9.47. The Hall–Kier alpha value is -1.64. The maximum atomic E-state index is 13.2. The van der Waals surface area contributed by atoms with Gasteiger partial charge in [-0.05, 0) is 127 Å². The van der Waals surface area contributed by atoms with Crippen molar-refractivity contribution in [2.75, 3.05) is 0 Å². The SMILES string of the molecule is CC(C)CC(=O)C[C@](C)(O)[C@H]1CC[C@H]2[C@@H]3C[C@H](O[C@@H]4O[C@H](C)C(O)(O)[C@H](O[C@@H]5O[C@H](C)[C@@H](O[C@@H]6O[C@H](C)[C@H](O)[C@H](O)[C@H]6O[C@@H]6O[C@H](C)[C@H](O)[C@H](O)[C@H]6O)[C@H](O)[C@H]5O[C@@H]5O[C@H](C)[C@@H](O)[C@H](O)[C@H]5O)[C@H]4O)[C@H]4C[C@@H](OS(=O)(=O)O)CC[C@]4(C)C3=CC[C@@]21C. The fourth-order valence-electron chi connectivity index (χ4n) is 16.0. The number of ether oxygens (including phenoxy) is 10. The molecule has 496 valence electrons. The predicted octanol–water partition coefficient (Wildman–Crippen LogP) is -1.94. The van der Waals surface area contributed by atoms with E-state index >= 15 is 0 Å². The van der Waals surface area contributed by atoms with E-state index in [9.17, 15) is 84.1 Å². The van der Waals surface area contributed by atoms with Crippen LogP contribution in [0.15, 0.2) is 11.6 Å². The zero-order valence-corrected chi connectivity index (χ0v) is 51.0. The minimum atomic E-state index is -4.91. The molecule has 0 aromatic heterocycles. The lowest BCUT2D eigenvalue weighted by molar-refractivity contribution is -0.432. The molecule has 0 aromatic rings. The summed E-state index contributed by atoms with van der Waals surface area (Å²) in [6.45, 7) is 16.6. The number of carbonyl (C=O) groups is 1. The van der Waals surface area contributed by atoms with Gasteiger partial charge in [-0.2, -0.15) is 8.42 Å². The van der Waals surface area contributed by atoms with Crippen molar-refractivity contribution < 1.29 is 136 Å². The first kappa shape index (κ1) is 68.7. The molecule has 33 atom stereocenters. The topological polar surface area (TPSA) is 436 Å². The second-order valence-corrected chi connectivity index (χ2v) is 28.3. The Labute approximate surface area is 500 Å². The number of hydrogen-bond acceptors (Lipinski definition) is 27. The molecule has 0 amide bonds. The lowest BCUT2D eigenvalue weighted by Gasteiger charge is -2.60. The number of rotatable bonds is 17. The van der Waals surface area contributed by atoms with Crippen LogP contribution in [0, 0.1) is 40.4 Å². The van der Waals surface area contributed by atoms with Crippen LogP contribution in [0.2, 0.25) is 0 Å². The van der Waals surface area contributed by atoms with Crippen molar-refractivity contribution in [2.24, 2.45) is 40.4 Å². The van der Waals surface area contributed by atoms with Crippen LogP contribution >= 0.6 is 0 Å². The standard InChI is InChI=1S/C57H94O28S/c1-21(2)17-27(58)20-56(10,69)34-12-11-30-29-19-33(32-18-28(85-86(72,73)74)13-15-54(32,8)31(29)14-16-55(30,34)9)80-51-44(68)48(57(70,71)26(7)79-51)84-53-47(83-50-42(66)39(63)36(60)23(4)76-50)43(67)45(25(6)78-53)81-52-46(40(64)37(61)24(5)77-52)82-49-41(65)38(62)35(59)22(3)75-49/h14,21-26,28-30,32-53,59-71H,11-13,15-20H2,1-10H3,(H,72,73,74)/t22-,23-,24-,25-,26-,28+,29+,30+,32-,33+,34+,35+,36-,37+,38+,39+,40+,41-,42-,43+,44-,45-,46-,47-,48-,49+,50+,51+,52+,53+,54-,55+,56+/m1/s1. The van der Waals surface area contributed by atoms with Crippen molar-refractivity contribution in [1.29, 1.82) is 0 Å². The highest BCUT2D eigenvalue weighted by atomic mass is 32.3. The summed E-state index contributed by atoms with van der Waals surface area (Å²) in [4.78, 5) is 13.2. The molecular weight excluding hydrogens is 1160 g/mol. The zero-order chi connectivity index (χ0) is 63.4. The minimum absolute atomic E-state index is 0.00611. The molecule has 28 nitrogen and oxygen atoms in total. The summed E-state index contributed by atoms with van der Waals surface area (Å²) < 4.78 is 101. The maximum absolute atomic E-state index is 13.2. The third kappa shape index (κ3) is 13.2. The molecule has 0 aromatic carbocycles. The molecule has 3 saturated carbocycles. The number of ketones is 1. The largest absolute Gasteiger partial charge is 0.397 e. The summed E-state index contributed by atoms with van der Waals surface area (Å²) in [5, 5.41) is 148. The number of fused-ring (bicyclic) bond motifs is 5. The molecule has 29 heteroatoms. The smallest absolute Gasteiger partial charge is 0.389 e. The highest BCUT2D eigenvalue weighted by Crippen LogP contribution is 2.67. The molecule has 0 unspecified atom stereocenters. The van der Waals surface area contributed by atoms with Crippen LogP contribution < -0.4 is 0 Å². The van der Waals surface area contributed by atoms with Crippen LogP contribution in [0.3, 0.4) is 0 Å². The Kier molecular flexibility index (Phi) is 20.5. The summed E-state index contributed by atoms with van der Waals surface area (Å²) >= 11 is 0. The fourth-order valence-corrected chi connectivity index (χ4v) is 16.5. The van der Waals surface area contributed by atoms with E-state index in [0.29, 0.717) is 32.1 Å². The van der Waals surface area contributed by atoms with Gasteiger partial charge in [0.2, 0.25) is 5.79 Å². The summed E-state index contributed by atoms with van der Waals surface area (Å²) in [5.41, 5.74) is -1.39. The van der Waals surface area contributed by atoms with Gasteiger partial charge in [0.05, 0.1) is 42.2 Å². The van der Waals surface area contributed by atoms with E-state index in [1.54, 1.807) is 6.92 Å². The maximum Gasteiger partial charge on any atom is 0.397 e. The molecule has 0 bridgehead atoms. The van der Waals surface area contributed by atoms with E-state index in [4.69, 9.17) is 51.6 Å². The summed E-state index contributed by atoms with van der Waals surface area (Å²) in [6.07, 6.45) is -38.2. The van der Waals surface area contributed by atoms with Gasteiger partial charge in [-0.25, -0.2) is 4.18 Å². The van der Waals surface area contributed by atoms with Crippen molar-refractivity contribution in [2.45, 2.75) is 298 Å². The molecule has 5 saturated heterocycles. The first-order valence-corrected chi connectivity index (χ1v) is 31.7. The normalized spacial score (nSPS) is 51.4. The van der Waals surface area contributed by atoms with Crippen molar-refractivity contribution in [3.05, 3.63) is 11.6 Å². The van der Waals surface area contributed by atoms with Crippen LogP contribution in [0.25, 0.3) is 0 Å². The third-order valence-corrected chi connectivity index (χ3v) is 21.2. The second kappa shape index (κ2) is 25.7. The number of allylic oxidation sites excluding steroid dienone is 2. The van der Waals surface area contributed by atoms with E-state index in [1.807, 2.05) is 13.8 Å². The van der Waals surface area contributed by atoms with Crippen molar-refractivity contribution in [3.8, 4) is 0 Å².